The summed E-state index contributed by atoms with van der Waals surface area (Å²) >= 11 is 1.66. The van der Waals surface area contributed by atoms with Crippen LogP contribution in [0.25, 0.3) is 0 Å². The lowest BCUT2D eigenvalue weighted by atomic mass is 9.96. The van der Waals surface area contributed by atoms with Gasteiger partial charge in [-0.25, -0.2) is 9.37 Å². The molecule has 4 amide bonds. The molecule has 0 unspecified atom stereocenters. The first kappa shape index (κ1) is 39.8. The predicted octanol–water partition coefficient (Wildman–Crippen LogP) is 3.45. The first-order valence-corrected chi connectivity index (χ1v) is 21.5. The second-order valence-corrected chi connectivity index (χ2v) is 17.8. The molecule has 0 spiro atoms. The molecule has 3 atom stereocenters. The molecule has 0 radical (unpaired) electrons. The van der Waals surface area contributed by atoms with Gasteiger partial charge < -0.3 is 30.7 Å². The van der Waals surface area contributed by atoms with Gasteiger partial charge in [0, 0.05) is 86.2 Å². The number of nitrogens with zero attached hydrogens (tertiary/aromatic N) is 5. The van der Waals surface area contributed by atoms with Crippen molar-refractivity contribution >= 4 is 35.0 Å². The number of carbonyl (C=O) groups is 4. The number of hydrogen-bond acceptors (Lipinski definition) is 9. The number of thiazole rings is 1. The maximum atomic E-state index is 14.4. The quantitative estimate of drug-likeness (QED) is 0.348. The Balaban J connectivity index is 1.03. The van der Waals surface area contributed by atoms with Crippen LogP contribution < -0.4 is 16.0 Å². The first-order chi connectivity index (χ1) is 26.6. The van der Waals surface area contributed by atoms with Crippen LogP contribution in [0, 0.1) is 12.7 Å². The minimum absolute atomic E-state index is 0.0363. The standard InChI is InChI=1S/C41H59FN8O4S/c1-27-35-25-37(51)45-32(5-3-4-16-43-39(53)28-6-8-30(42)9-7-28)24-38(52)48-21-14-34(15-22-48)50-26-33(44-31-12-17-47(2)18-13-31)23-36(50)41(54)49-19-10-29(11-20-49)40(46-35)55-27/h6-9,29,31-34,36,44H,3-5,10-26H2,1-2H3,(H,43,53)(H,45,51)/t32-,33-,36-/m0/s1. The van der Waals surface area contributed by atoms with Crippen LogP contribution in [-0.2, 0) is 20.8 Å². The van der Waals surface area contributed by atoms with Gasteiger partial charge in [-0.1, -0.05) is 0 Å². The third-order valence-corrected chi connectivity index (χ3v) is 13.8. The number of halogens is 1. The van der Waals surface area contributed by atoms with Gasteiger partial charge in [0.2, 0.25) is 17.7 Å². The van der Waals surface area contributed by atoms with Crippen LogP contribution in [-0.4, -0.2) is 138 Å². The summed E-state index contributed by atoms with van der Waals surface area (Å²) < 4.78 is 13.3. The number of aromatic nitrogens is 1. The fourth-order valence-corrected chi connectivity index (χ4v) is 10.5. The minimum atomic E-state index is -0.389. The van der Waals surface area contributed by atoms with E-state index in [9.17, 15) is 23.6 Å². The van der Waals surface area contributed by atoms with Crippen molar-refractivity contribution in [2.75, 3.05) is 59.4 Å². The topological polar surface area (TPSA) is 130 Å². The summed E-state index contributed by atoms with van der Waals surface area (Å²) in [7, 11) is 2.18. The van der Waals surface area contributed by atoms with E-state index in [0.29, 0.717) is 50.5 Å². The highest BCUT2D eigenvalue weighted by Gasteiger charge is 2.44. The van der Waals surface area contributed by atoms with E-state index >= 15 is 0 Å². The molecule has 3 N–H and O–H groups in total. The highest BCUT2D eigenvalue weighted by atomic mass is 32.1. The van der Waals surface area contributed by atoms with E-state index in [1.807, 2.05) is 11.8 Å². The van der Waals surface area contributed by atoms with Gasteiger partial charge in [-0.2, -0.15) is 0 Å². The van der Waals surface area contributed by atoms with Crippen molar-refractivity contribution in [3.63, 3.8) is 0 Å². The lowest BCUT2D eigenvalue weighted by Crippen LogP contribution is -2.54. The Bertz CT molecular complexity index is 1650. The third-order valence-electron chi connectivity index (χ3n) is 12.7. The number of fused-ring (bicyclic) bond motifs is 2. The fraction of sp³-hybridized carbons (Fsp3) is 0.683. The van der Waals surface area contributed by atoms with Gasteiger partial charge in [0.15, 0.2) is 0 Å². The molecule has 4 fully saturated rings. The van der Waals surface area contributed by atoms with E-state index in [2.05, 4.69) is 37.7 Å². The van der Waals surface area contributed by atoms with Crippen LogP contribution >= 0.6 is 11.3 Å². The van der Waals surface area contributed by atoms with Gasteiger partial charge in [-0.15, -0.1) is 11.3 Å². The van der Waals surface area contributed by atoms with Crippen molar-refractivity contribution < 1.29 is 23.6 Å². The monoisotopic (exact) mass is 778 g/mol. The molecule has 6 bridgehead atoms. The lowest BCUT2D eigenvalue weighted by molar-refractivity contribution is -0.139. The van der Waals surface area contributed by atoms with E-state index in [-0.39, 0.29) is 72.4 Å². The molecule has 8 heterocycles. The molecule has 9 rings (SSSR count). The molecule has 300 valence electrons. The summed E-state index contributed by atoms with van der Waals surface area (Å²) in [5.41, 5.74) is 1.19. The van der Waals surface area contributed by atoms with Crippen molar-refractivity contribution in [2.45, 2.75) is 120 Å². The molecule has 0 aliphatic carbocycles. The molecule has 2 aromatic rings. The van der Waals surface area contributed by atoms with Gasteiger partial charge in [0.1, 0.15) is 5.82 Å². The number of unbranched alkanes of at least 4 members (excludes halogenated alkanes) is 1. The smallest absolute Gasteiger partial charge is 0.251 e. The van der Waals surface area contributed by atoms with Crippen LogP contribution in [0.3, 0.4) is 0 Å². The van der Waals surface area contributed by atoms with E-state index in [1.165, 1.54) is 24.3 Å². The van der Waals surface area contributed by atoms with Gasteiger partial charge in [-0.3, -0.25) is 24.1 Å². The third kappa shape index (κ3) is 10.1. The van der Waals surface area contributed by atoms with Crippen LogP contribution in [0.1, 0.15) is 102 Å². The summed E-state index contributed by atoms with van der Waals surface area (Å²) in [6.45, 7) is 8.23. The Morgan fingerprint density at radius 2 is 1.64 bits per heavy atom. The molecule has 1 aromatic carbocycles. The maximum Gasteiger partial charge on any atom is 0.251 e. The second kappa shape index (κ2) is 18.2. The highest BCUT2D eigenvalue weighted by Crippen LogP contribution is 2.35. The van der Waals surface area contributed by atoms with Gasteiger partial charge in [0.25, 0.3) is 5.91 Å². The Kier molecular flexibility index (Phi) is 13.2. The van der Waals surface area contributed by atoms with Crippen LogP contribution in [0.15, 0.2) is 24.3 Å². The summed E-state index contributed by atoms with van der Waals surface area (Å²) in [5.74, 6) is -0.225. The first-order valence-electron chi connectivity index (χ1n) is 20.7. The fourth-order valence-electron chi connectivity index (χ4n) is 9.35. The molecule has 12 nitrogen and oxygen atoms in total. The zero-order chi connectivity index (χ0) is 38.5. The molecule has 0 saturated carbocycles. The molecule has 14 heteroatoms. The average Bonchev–Trinajstić information content (AvgIpc) is 3.78. The van der Waals surface area contributed by atoms with Crippen LogP contribution in [0.5, 0.6) is 0 Å². The van der Waals surface area contributed by atoms with Crippen LogP contribution in [0.2, 0.25) is 0 Å². The number of piperidine rings is 3. The number of amides is 4. The largest absolute Gasteiger partial charge is 0.353 e. The summed E-state index contributed by atoms with van der Waals surface area (Å²) in [6.07, 6.45) is 8.86. The molecule has 1 aromatic heterocycles. The number of likely N-dealkylation sites (tertiary alicyclic amines) is 1. The maximum absolute atomic E-state index is 14.4. The molecule has 7 aliphatic heterocycles. The van der Waals surface area contributed by atoms with Gasteiger partial charge in [-0.05, 0) is 116 Å². The Hall–Kier alpha value is -3.46. The highest BCUT2D eigenvalue weighted by molar-refractivity contribution is 7.11. The number of benzene rings is 1. The Morgan fingerprint density at radius 3 is 2.36 bits per heavy atom. The molecular weight excluding hydrogens is 720 g/mol. The molecular formula is C41H59FN8O4S. The van der Waals surface area contributed by atoms with E-state index < -0.39 is 0 Å². The Labute approximate surface area is 328 Å². The normalized spacial score (nSPS) is 27.7. The summed E-state index contributed by atoms with van der Waals surface area (Å²) in [5, 5.41) is 11.1. The number of hydrogen-bond donors (Lipinski definition) is 3. The Morgan fingerprint density at radius 1 is 0.927 bits per heavy atom. The SMILES string of the molecule is Cc1sc2nc1CC(=O)N[C@@H](CCCCNC(=O)c1ccc(F)cc1)CC(=O)N1CCC(CC1)N1C[C@@H](NC3CCN(C)CC3)C[C@H]1C(=O)N1CCC2CC1. The number of aryl methyl sites for hydroxylation is 1. The second-order valence-electron chi connectivity index (χ2n) is 16.6. The van der Waals surface area contributed by atoms with E-state index in [1.54, 1.807) is 11.3 Å². The molecule has 7 aliphatic rings. The minimum Gasteiger partial charge on any atom is -0.353 e. The van der Waals surface area contributed by atoms with Crippen LogP contribution in [0.4, 0.5) is 4.39 Å². The van der Waals surface area contributed by atoms with Crippen molar-refractivity contribution in [3.8, 4) is 0 Å². The average molecular weight is 779 g/mol. The van der Waals surface area contributed by atoms with E-state index in [0.717, 1.165) is 93.2 Å². The number of rotatable bonds is 8. The number of carbonyl (C=O) groups excluding carboxylic acids is 4. The van der Waals surface area contributed by atoms with Crippen molar-refractivity contribution in [2.24, 2.45) is 0 Å². The number of nitrogens with one attached hydrogen (secondary N) is 3. The van der Waals surface area contributed by atoms with E-state index in [4.69, 9.17) is 4.98 Å². The zero-order valence-electron chi connectivity index (χ0n) is 32.6. The molecule has 4 saturated heterocycles. The zero-order valence-corrected chi connectivity index (χ0v) is 33.4. The lowest BCUT2D eigenvalue weighted by Gasteiger charge is -2.41. The van der Waals surface area contributed by atoms with Crippen molar-refractivity contribution in [1.82, 2.24) is 40.5 Å². The summed E-state index contributed by atoms with van der Waals surface area (Å²) in [4.78, 5) is 69.1. The van der Waals surface area contributed by atoms with Crippen molar-refractivity contribution in [1.29, 1.82) is 0 Å². The summed E-state index contributed by atoms with van der Waals surface area (Å²) in [6, 6.07) is 5.97. The predicted molar refractivity (Wildman–Crippen MR) is 210 cm³/mol. The van der Waals surface area contributed by atoms with Crippen molar-refractivity contribution in [3.05, 3.63) is 51.2 Å². The molecule has 55 heavy (non-hydrogen) atoms. The van der Waals surface area contributed by atoms with Gasteiger partial charge >= 0.3 is 0 Å². The van der Waals surface area contributed by atoms with Gasteiger partial charge in [0.05, 0.1) is 23.2 Å².